The van der Waals surface area contributed by atoms with Crippen LogP contribution in [0.5, 0.6) is 0 Å². The first-order valence-corrected chi connectivity index (χ1v) is 4.03. The van der Waals surface area contributed by atoms with E-state index in [4.69, 9.17) is 0 Å². The molecule has 0 saturated heterocycles. The first-order chi connectivity index (χ1) is 6.55. The minimum atomic E-state index is -5.15. The fraction of sp³-hybridized carbons (Fsp3) is 0.333. The van der Waals surface area contributed by atoms with Gasteiger partial charge in [0.25, 0.3) is 11.6 Å². The highest BCUT2D eigenvalue weighted by atomic mass is 32.1. The molecule has 0 aliphatic rings. The van der Waals surface area contributed by atoms with E-state index < -0.39 is 23.9 Å². The van der Waals surface area contributed by atoms with Crippen molar-refractivity contribution in [3.05, 3.63) is 0 Å². The molecular weight excluding hydrogens is 250 g/mol. The summed E-state index contributed by atoms with van der Waals surface area (Å²) in [7, 11) is -0.266. The normalized spacial score (nSPS) is 11.9. The average Bonchev–Trinajstić information content (AvgIpc) is 2.00. The second-order valence-corrected chi connectivity index (χ2v) is 2.84. The summed E-state index contributed by atoms with van der Waals surface area (Å²) < 4.78 is 69.0. The van der Waals surface area contributed by atoms with Gasteiger partial charge in [-0.3, -0.25) is 9.59 Å². The van der Waals surface area contributed by atoms with Crippen LogP contribution in [0.1, 0.15) is 0 Å². The number of Topliss-reactive ketones (excluding diaryl/α,β-unsaturated/α-hetero) is 2. The van der Waals surface area contributed by atoms with Crippen molar-refractivity contribution >= 4 is 33.2 Å². The zero-order valence-corrected chi connectivity index (χ0v) is 7.46. The summed E-state index contributed by atoms with van der Waals surface area (Å²) >= 11 is 0. The van der Waals surface area contributed by atoms with Gasteiger partial charge in [0.05, 0.1) is 0 Å². The van der Waals surface area contributed by atoms with Gasteiger partial charge in [0.1, 0.15) is 0 Å². The molecule has 0 atom stereocenters. The Balaban J connectivity index is 4.63. The molecule has 0 rings (SSSR count). The van der Waals surface area contributed by atoms with Crippen molar-refractivity contribution in [2.75, 3.05) is 0 Å². The molecule has 0 bridgehead atoms. The number of rotatable bonds is 2. The van der Waals surface area contributed by atoms with Crippen molar-refractivity contribution in [1.29, 1.82) is 0 Å². The van der Waals surface area contributed by atoms with E-state index in [9.17, 15) is 35.9 Å². The van der Waals surface area contributed by atoms with Crippen LogP contribution in [-0.4, -0.2) is 34.7 Å². The Morgan fingerprint density at radius 1 is 0.800 bits per heavy atom. The van der Waals surface area contributed by atoms with Gasteiger partial charge >= 0.3 is 12.4 Å². The summed E-state index contributed by atoms with van der Waals surface area (Å²) in [5.74, 6) is -4.64. The number of hydrogen-bond donors (Lipinski definition) is 0. The van der Waals surface area contributed by atoms with Gasteiger partial charge < -0.3 is 0 Å². The number of carbonyl (C=O) groups is 2. The van der Waals surface area contributed by atoms with Crippen LogP contribution in [0.2, 0.25) is 0 Å². The molecule has 86 valence electrons. The SMILES string of the molecule is O=C(C=S=CC(=O)C(F)(F)F)C(F)(F)F. The van der Waals surface area contributed by atoms with Gasteiger partial charge in [-0.25, -0.2) is 0 Å². The van der Waals surface area contributed by atoms with Crippen LogP contribution in [0, 0.1) is 0 Å². The largest absolute Gasteiger partial charge is 0.455 e. The van der Waals surface area contributed by atoms with Crippen LogP contribution in [0.25, 0.3) is 0 Å². The summed E-state index contributed by atoms with van der Waals surface area (Å²) in [6.45, 7) is 0. The van der Waals surface area contributed by atoms with Gasteiger partial charge in [0.2, 0.25) is 0 Å². The Morgan fingerprint density at radius 3 is 1.27 bits per heavy atom. The fourth-order valence-electron chi connectivity index (χ4n) is 0.291. The minimum Gasteiger partial charge on any atom is -0.284 e. The predicted molar refractivity (Wildman–Crippen MR) is 41.8 cm³/mol. The highest BCUT2D eigenvalue weighted by Crippen LogP contribution is 2.15. The lowest BCUT2D eigenvalue weighted by Gasteiger charge is -1.98. The first kappa shape index (κ1) is 13.9. The van der Waals surface area contributed by atoms with Crippen LogP contribution in [-0.2, 0) is 9.59 Å². The summed E-state index contributed by atoms with van der Waals surface area (Å²) in [6.07, 6.45) is -10.3. The Hall–Kier alpha value is -1.12. The van der Waals surface area contributed by atoms with E-state index in [1.54, 1.807) is 0 Å². The number of hydrogen-bond acceptors (Lipinski definition) is 2. The standard InChI is InChI=1S/C6H2F6O2S/c7-5(8,9)3(13)1-15-2-4(14)6(10,11)12/h1-2H. The molecular formula is C6H2F6O2S. The summed E-state index contributed by atoms with van der Waals surface area (Å²) in [4.78, 5) is 20.2. The zero-order valence-electron chi connectivity index (χ0n) is 6.65. The molecule has 9 heteroatoms. The minimum absolute atomic E-state index is 0.121. The van der Waals surface area contributed by atoms with E-state index in [1.165, 1.54) is 0 Å². The van der Waals surface area contributed by atoms with Crippen molar-refractivity contribution in [1.82, 2.24) is 0 Å². The summed E-state index contributed by atoms with van der Waals surface area (Å²) in [6, 6.07) is 0. The smallest absolute Gasteiger partial charge is 0.284 e. The van der Waals surface area contributed by atoms with Crippen molar-refractivity contribution in [2.45, 2.75) is 12.4 Å². The van der Waals surface area contributed by atoms with Gasteiger partial charge in [-0.2, -0.15) is 26.3 Å². The quantitative estimate of drug-likeness (QED) is 0.552. The van der Waals surface area contributed by atoms with Crippen LogP contribution >= 0.6 is 10.9 Å². The number of alkyl halides is 6. The molecule has 0 heterocycles. The topological polar surface area (TPSA) is 34.1 Å². The van der Waals surface area contributed by atoms with Gasteiger partial charge in [0.15, 0.2) is 0 Å². The van der Waals surface area contributed by atoms with Crippen LogP contribution in [0.4, 0.5) is 26.3 Å². The molecule has 15 heavy (non-hydrogen) atoms. The molecule has 0 aromatic carbocycles. The molecule has 0 radical (unpaired) electrons. The monoisotopic (exact) mass is 252 g/mol. The van der Waals surface area contributed by atoms with Crippen molar-refractivity contribution in [2.24, 2.45) is 0 Å². The predicted octanol–water partition coefficient (Wildman–Crippen LogP) is 1.59. The van der Waals surface area contributed by atoms with Crippen LogP contribution in [0.15, 0.2) is 0 Å². The second-order valence-electron chi connectivity index (χ2n) is 2.10. The molecule has 0 saturated carbocycles. The highest BCUT2D eigenvalue weighted by Gasteiger charge is 2.37. The Bertz CT molecular complexity index is 303. The van der Waals surface area contributed by atoms with Gasteiger partial charge in [-0.15, -0.1) is 10.9 Å². The van der Waals surface area contributed by atoms with Gasteiger partial charge in [-0.05, 0) is 0 Å². The van der Waals surface area contributed by atoms with E-state index in [2.05, 4.69) is 0 Å². The summed E-state index contributed by atoms with van der Waals surface area (Å²) in [5, 5.41) is -0.243. The van der Waals surface area contributed by atoms with E-state index in [0.717, 1.165) is 0 Å². The highest BCUT2D eigenvalue weighted by molar-refractivity contribution is 7.98. The maximum Gasteiger partial charge on any atom is 0.455 e. The Morgan fingerprint density at radius 2 is 1.07 bits per heavy atom. The zero-order chi connectivity index (χ0) is 12.3. The van der Waals surface area contributed by atoms with Gasteiger partial charge in [-0.1, -0.05) is 0 Å². The van der Waals surface area contributed by atoms with Crippen LogP contribution in [0.3, 0.4) is 0 Å². The third-order valence-electron chi connectivity index (χ3n) is 0.909. The first-order valence-electron chi connectivity index (χ1n) is 3.09. The third-order valence-corrected chi connectivity index (χ3v) is 1.61. The molecule has 2 nitrogen and oxygen atoms in total. The fourth-order valence-corrected chi connectivity index (χ4v) is 0.874. The average molecular weight is 252 g/mol. The van der Waals surface area contributed by atoms with Crippen molar-refractivity contribution in [3.8, 4) is 0 Å². The van der Waals surface area contributed by atoms with Gasteiger partial charge in [0, 0.05) is 10.7 Å². The lowest BCUT2D eigenvalue weighted by Crippen LogP contribution is -2.24. The van der Waals surface area contributed by atoms with E-state index >= 15 is 0 Å². The third kappa shape index (κ3) is 5.35. The number of halogens is 6. The lowest BCUT2D eigenvalue weighted by atomic mass is 10.4. The number of ketones is 2. The summed E-state index contributed by atoms with van der Waals surface area (Å²) in [5.41, 5.74) is 0. The molecule has 0 spiro atoms. The maximum absolute atomic E-state index is 11.5. The molecule has 0 unspecified atom stereocenters. The van der Waals surface area contributed by atoms with Crippen molar-refractivity contribution in [3.63, 3.8) is 0 Å². The molecule has 0 aromatic heterocycles. The Kier molecular flexibility index (Phi) is 4.26. The van der Waals surface area contributed by atoms with E-state index in [-0.39, 0.29) is 21.7 Å². The molecule has 0 fully saturated rings. The molecule has 0 aliphatic heterocycles. The lowest BCUT2D eigenvalue weighted by molar-refractivity contribution is -0.162. The number of carbonyl (C=O) groups excluding carboxylic acids is 2. The van der Waals surface area contributed by atoms with E-state index in [0.29, 0.717) is 0 Å². The molecule has 0 aromatic rings. The second kappa shape index (κ2) is 4.60. The van der Waals surface area contributed by atoms with E-state index in [1.807, 2.05) is 0 Å². The van der Waals surface area contributed by atoms with Crippen LogP contribution < -0.4 is 0 Å². The molecule has 0 aliphatic carbocycles. The Labute approximate surface area is 82.4 Å². The van der Waals surface area contributed by atoms with Crippen molar-refractivity contribution < 1.29 is 35.9 Å². The molecule has 0 amide bonds. The molecule has 0 N–H and O–H groups in total. The maximum atomic E-state index is 11.5.